The summed E-state index contributed by atoms with van der Waals surface area (Å²) >= 11 is 6.13. The number of aryl methyl sites for hydroxylation is 1. The molecule has 2 heterocycles. The molecule has 7 nitrogen and oxygen atoms in total. The largest absolute Gasteiger partial charge is 0.368 e. The summed E-state index contributed by atoms with van der Waals surface area (Å²) in [6.07, 6.45) is 1.46. The zero-order valence-electron chi connectivity index (χ0n) is 15.8. The Morgan fingerprint density at radius 2 is 1.82 bits per heavy atom. The van der Waals surface area contributed by atoms with E-state index in [1.165, 1.54) is 27.8 Å². The van der Waals surface area contributed by atoms with Gasteiger partial charge in [0.25, 0.3) is 5.91 Å². The second-order valence-electron chi connectivity index (χ2n) is 6.91. The summed E-state index contributed by atoms with van der Waals surface area (Å²) in [6, 6.07) is 11.5. The summed E-state index contributed by atoms with van der Waals surface area (Å²) in [4.78, 5) is 17.4. The number of rotatable bonds is 3. The second-order valence-corrected chi connectivity index (χ2v) is 7.35. The Morgan fingerprint density at radius 3 is 2.54 bits per heavy atom. The Bertz CT molecular complexity index is 996. The molecule has 0 unspecified atom stereocenters. The van der Waals surface area contributed by atoms with E-state index in [2.05, 4.69) is 52.5 Å². The summed E-state index contributed by atoms with van der Waals surface area (Å²) in [5, 5.41) is 11.7. The number of carbonyl (C=O) groups excluding carboxylic acids is 1. The van der Waals surface area contributed by atoms with Crippen LogP contribution >= 0.6 is 11.6 Å². The summed E-state index contributed by atoms with van der Waals surface area (Å²) in [5.41, 5.74) is 4.94. The number of aromatic nitrogens is 4. The van der Waals surface area contributed by atoms with Crippen LogP contribution in [0.2, 0.25) is 5.02 Å². The molecule has 28 heavy (non-hydrogen) atoms. The Labute approximate surface area is 168 Å². The van der Waals surface area contributed by atoms with E-state index < -0.39 is 0 Å². The minimum atomic E-state index is -0.0391. The third-order valence-electron chi connectivity index (χ3n) is 5.27. The van der Waals surface area contributed by atoms with Crippen LogP contribution in [-0.2, 0) is 0 Å². The molecule has 1 aliphatic rings. The average molecular weight is 397 g/mol. The monoisotopic (exact) mass is 396 g/mol. The van der Waals surface area contributed by atoms with E-state index in [1.54, 1.807) is 18.2 Å². The fraction of sp³-hybridized carbons (Fsp3) is 0.300. The molecule has 0 atom stereocenters. The molecule has 0 aliphatic carbocycles. The Kier molecular flexibility index (Phi) is 5.00. The van der Waals surface area contributed by atoms with Crippen molar-refractivity contribution in [3.63, 3.8) is 0 Å². The number of hydrogen-bond acceptors (Lipinski definition) is 5. The molecule has 2 aromatic carbocycles. The Morgan fingerprint density at radius 1 is 1.04 bits per heavy atom. The van der Waals surface area contributed by atoms with Crippen molar-refractivity contribution in [3.8, 4) is 5.69 Å². The van der Waals surface area contributed by atoms with Crippen LogP contribution in [-0.4, -0.2) is 57.2 Å². The van der Waals surface area contributed by atoms with Crippen LogP contribution in [0.4, 0.5) is 5.69 Å². The molecular formula is C20H21ClN6O. The van der Waals surface area contributed by atoms with Gasteiger partial charge in [0.05, 0.1) is 11.3 Å². The van der Waals surface area contributed by atoms with Gasteiger partial charge in [0.15, 0.2) is 0 Å². The van der Waals surface area contributed by atoms with E-state index in [0.717, 1.165) is 13.1 Å². The zero-order valence-corrected chi connectivity index (χ0v) is 16.6. The number of piperazine rings is 1. The first-order valence-corrected chi connectivity index (χ1v) is 9.56. The van der Waals surface area contributed by atoms with Crippen LogP contribution in [0.25, 0.3) is 5.69 Å². The normalized spacial score (nSPS) is 14.4. The predicted octanol–water partition coefficient (Wildman–Crippen LogP) is 2.89. The van der Waals surface area contributed by atoms with Gasteiger partial charge in [-0.2, -0.15) is 4.68 Å². The lowest BCUT2D eigenvalue weighted by Gasteiger charge is -2.37. The molecule has 8 heteroatoms. The third-order valence-corrected chi connectivity index (χ3v) is 5.50. The van der Waals surface area contributed by atoms with Crippen molar-refractivity contribution in [1.82, 2.24) is 25.1 Å². The van der Waals surface area contributed by atoms with Gasteiger partial charge in [0, 0.05) is 36.9 Å². The Hall–Kier alpha value is -2.93. The molecule has 1 amide bonds. The van der Waals surface area contributed by atoms with Crippen LogP contribution in [0.1, 0.15) is 21.5 Å². The van der Waals surface area contributed by atoms with E-state index in [0.29, 0.717) is 29.4 Å². The van der Waals surface area contributed by atoms with E-state index in [4.69, 9.17) is 11.6 Å². The van der Waals surface area contributed by atoms with Gasteiger partial charge in [-0.15, -0.1) is 5.10 Å². The van der Waals surface area contributed by atoms with Gasteiger partial charge in [0.2, 0.25) is 0 Å². The molecule has 1 aromatic heterocycles. The fourth-order valence-corrected chi connectivity index (χ4v) is 3.71. The molecule has 1 fully saturated rings. The number of hydrogen-bond donors (Lipinski definition) is 0. The third kappa shape index (κ3) is 3.45. The molecule has 0 bridgehead atoms. The summed E-state index contributed by atoms with van der Waals surface area (Å²) in [7, 11) is 0. The molecule has 3 aromatic rings. The number of benzene rings is 2. The molecule has 0 spiro atoms. The molecule has 0 N–H and O–H groups in total. The van der Waals surface area contributed by atoms with E-state index in [9.17, 15) is 4.79 Å². The SMILES string of the molecule is Cc1cccc(N2CCN(C(=O)c3ccc(Cl)cc3-n3cnnn3)CC2)c1C. The maximum Gasteiger partial charge on any atom is 0.256 e. The number of nitrogens with zero attached hydrogens (tertiary/aromatic N) is 6. The summed E-state index contributed by atoms with van der Waals surface area (Å²) < 4.78 is 1.46. The molecule has 144 valence electrons. The van der Waals surface area contributed by atoms with Gasteiger partial charge in [-0.3, -0.25) is 4.79 Å². The van der Waals surface area contributed by atoms with Gasteiger partial charge in [0.1, 0.15) is 6.33 Å². The van der Waals surface area contributed by atoms with E-state index in [-0.39, 0.29) is 5.91 Å². The average Bonchev–Trinajstić information content (AvgIpc) is 3.24. The van der Waals surface area contributed by atoms with Crippen LogP contribution < -0.4 is 4.90 Å². The van der Waals surface area contributed by atoms with Crippen LogP contribution in [0.3, 0.4) is 0 Å². The molecule has 0 radical (unpaired) electrons. The van der Waals surface area contributed by atoms with Gasteiger partial charge < -0.3 is 9.80 Å². The first kappa shape index (κ1) is 18.4. The van der Waals surface area contributed by atoms with Crippen LogP contribution in [0, 0.1) is 13.8 Å². The molecule has 4 rings (SSSR count). The molecular weight excluding hydrogens is 376 g/mol. The molecule has 0 saturated carbocycles. The first-order chi connectivity index (χ1) is 13.5. The molecule has 1 saturated heterocycles. The topological polar surface area (TPSA) is 67.2 Å². The lowest BCUT2D eigenvalue weighted by molar-refractivity contribution is 0.0746. The Balaban J connectivity index is 1.53. The fourth-order valence-electron chi connectivity index (χ4n) is 3.55. The van der Waals surface area contributed by atoms with Crippen molar-refractivity contribution >= 4 is 23.2 Å². The van der Waals surface area contributed by atoms with E-state index >= 15 is 0 Å². The van der Waals surface area contributed by atoms with Crippen molar-refractivity contribution < 1.29 is 4.79 Å². The second kappa shape index (κ2) is 7.59. The maximum absolute atomic E-state index is 13.2. The number of tetrazole rings is 1. The minimum Gasteiger partial charge on any atom is -0.368 e. The summed E-state index contributed by atoms with van der Waals surface area (Å²) in [6.45, 7) is 7.18. The van der Waals surface area contributed by atoms with Crippen LogP contribution in [0.15, 0.2) is 42.7 Å². The quantitative estimate of drug-likeness (QED) is 0.681. The highest BCUT2D eigenvalue weighted by Gasteiger charge is 2.25. The zero-order chi connectivity index (χ0) is 19.7. The first-order valence-electron chi connectivity index (χ1n) is 9.18. The van der Waals surface area contributed by atoms with Crippen molar-refractivity contribution in [2.75, 3.05) is 31.1 Å². The minimum absolute atomic E-state index is 0.0391. The number of anilines is 1. The highest BCUT2D eigenvalue weighted by atomic mass is 35.5. The molecule has 1 aliphatic heterocycles. The van der Waals surface area contributed by atoms with Gasteiger partial charge in [-0.1, -0.05) is 23.7 Å². The number of amides is 1. The van der Waals surface area contributed by atoms with Crippen molar-refractivity contribution in [2.45, 2.75) is 13.8 Å². The van der Waals surface area contributed by atoms with Crippen molar-refractivity contribution in [1.29, 1.82) is 0 Å². The van der Waals surface area contributed by atoms with Gasteiger partial charge in [-0.05, 0) is 59.7 Å². The van der Waals surface area contributed by atoms with Gasteiger partial charge in [-0.25, -0.2) is 0 Å². The van der Waals surface area contributed by atoms with Gasteiger partial charge >= 0.3 is 0 Å². The van der Waals surface area contributed by atoms with Crippen molar-refractivity contribution in [2.24, 2.45) is 0 Å². The number of carbonyl (C=O) groups is 1. The van der Waals surface area contributed by atoms with E-state index in [1.807, 2.05) is 4.90 Å². The lowest BCUT2D eigenvalue weighted by Crippen LogP contribution is -2.49. The van der Waals surface area contributed by atoms with Crippen molar-refractivity contribution in [3.05, 3.63) is 64.4 Å². The highest BCUT2D eigenvalue weighted by Crippen LogP contribution is 2.25. The standard InChI is InChI=1S/C20H21ClN6O/c1-14-4-3-5-18(15(14)2)25-8-10-26(11-9-25)20(28)17-7-6-16(21)12-19(17)27-13-22-23-24-27/h3-7,12-13H,8-11H2,1-2H3. The highest BCUT2D eigenvalue weighted by molar-refractivity contribution is 6.31. The number of halogens is 1. The lowest BCUT2D eigenvalue weighted by atomic mass is 10.1. The van der Waals surface area contributed by atoms with Crippen LogP contribution in [0.5, 0.6) is 0 Å². The predicted molar refractivity (Wildman–Crippen MR) is 108 cm³/mol. The summed E-state index contributed by atoms with van der Waals surface area (Å²) in [5.74, 6) is -0.0391. The smallest absolute Gasteiger partial charge is 0.256 e. The maximum atomic E-state index is 13.2.